The van der Waals surface area contributed by atoms with Crippen LogP contribution >= 0.6 is 0 Å². The Balaban J connectivity index is 0.00000218. The van der Waals surface area contributed by atoms with Gasteiger partial charge < -0.3 is 9.55 Å². The monoisotopic (exact) mass is 395 g/mol. The third kappa shape index (κ3) is 3.03. The minimum atomic E-state index is -1.03. The van der Waals surface area contributed by atoms with E-state index in [9.17, 15) is 13.6 Å². The van der Waals surface area contributed by atoms with Gasteiger partial charge in [0, 0.05) is 18.8 Å². The minimum Gasteiger partial charge on any atom is -0.323 e. The van der Waals surface area contributed by atoms with E-state index in [0.717, 1.165) is 35.8 Å². The van der Waals surface area contributed by atoms with E-state index in [2.05, 4.69) is 16.5 Å². The van der Waals surface area contributed by atoms with Crippen LogP contribution in [0.4, 0.5) is 8.78 Å². The molecular formula is C23H23F2N3O. The molecule has 1 saturated carbocycles. The van der Waals surface area contributed by atoms with Crippen LogP contribution in [0.25, 0.3) is 21.9 Å². The van der Waals surface area contributed by atoms with Crippen molar-refractivity contribution in [2.45, 2.75) is 38.6 Å². The number of pyridine rings is 1. The predicted molar refractivity (Wildman–Crippen MR) is 111 cm³/mol. The Bertz CT molecular complexity index is 1300. The zero-order valence-electron chi connectivity index (χ0n) is 16.1. The zero-order valence-corrected chi connectivity index (χ0v) is 16.1. The van der Waals surface area contributed by atoms with Gasteiger partial charge in [-0.2, -0.15) is 0 Å². The van der Waals surface area contributed by atoms with Crippen molar-refractivity contribution in [3.8, 4) is 0 Å². The van der Waals surface area contributed by atoms with E-state index < -0.39 is 17.2 Å². The molecule has 0 spiro atoms. The van der Waals surface area contributed by atoms with Crippen molar-refractivity contribution < 1.29 is 10.2 Å². The lowest BCUT2D eigenvalue weighted by atomic mass is 10.1. The Hall–Kier alpha value is -3.02. The highest BCUT2D eigenvalue weighted by Gasteiger charge is 2.41. The Morgan fingerprint density at radius 1 is 1.24 bits per heavy atom. The summed E-state index contributed by atoms with van der Waals surface area (Å²) in [5.74, 6) is 0.0605. The van der Waals surface area contributed by atoms with E-state index in [-0.39, 0.29) is 6.94 Å². The van der Waals surface area contributed by atoms with Crippen LogP contribution in [0.3, 0.4) is 0 Å². The van der Waals surface area contributed by atoms with E-state index in [1.165, 1.54) is 18.6 Å². The van der Waals surface area contributed by atoms with Gasteiger partial charge in [-0.15, -0.1) is 0 Å². The Labute approximate surface area is 167 Å². The fourth-order valence-corrected chi connectivity index (χ4v) is 4.43. The second-order valence-electron chi connectivity index (χ2n) is 7.88. The average Bonchev–Trinajstić information content (AvgIpc) is 3.38. The Morgan fingerprint density at radius 2 is 2.07 bits per heavy atom. The summed E-state index contributed by atoms with van der Waals surface area (Å²) in [7, 11) is 0. The lowest BCUT2D eigenvalue weighted by molar-refractivity contribution is 0.515. The number of para-hydroxylation sites is 2. The lowest BCUT2D eigenvalue weighted by Gasteiger charge is -2.12. The summed E-state index contributed by atoms with van der Waals surface area (Å²) < 4.78 is 30.1. The van der Waals surface area contributed by atoms with Gasteiger partial charge in [-0.1, -0.05) is 25.5 Å². The molecule has 4 nitrogen and oxygen atoms in total. The van der Waals surface area contributed by atoms with E-state index in [1.807, 2.05) is 24.3 Å². The number of aromatic amines is 1. The van der Waals surface area contributed by atoms with E-state index in [4.69, 9.17) is 4.98 Å². The number of benzene rings is 2. The number of nitrogens with one attached hydrogen (secondary N) is 1. The highest BCUT2D eigenvalue weighted by Crippen LogP contribution is 2.50. The smallest absolute Gasteiger partial charge is 0.248 e. The summed E-state index contributed by atoms with van der Waals surface area (Å²) in [6.45, 7) is 2.57. The zero-order chi connectivity index (χ0) is 20.1. The van der Waals surface area contributed by atoms with Crippen LogP contribution in [-0.4, -0.2) is 14.5 Å². The number of hydrogen-bond donors (Lipinski definition) is 1. The van der Waals surface area contributed by atoms with Gasteiger partial charge in [-0.05, 0) is 48.6 Å². The second kappa shape index (κ2) is 6.79. The van der Waals surface area contributed by atoms with Gasteiger partial charge in [0.25, 0.3) is 0 Å². The maximum absolute atomic E-state index is 14.3. The third-order valence-corrected chi connectivity index (χ3v) is 5.92. The van der Waals surface area contributed by atoms with Gasteiger partial charge >= 0.3 is 0 Å². The van der Waals surface area contributed by atoms with Gasteiger partial charge in [-0.3, -0.25) is 4.79 Å². The summed E-state index contributed by atoms with van der Waals surface area (Å²) in [4.78, 5) is 19.5. The molecule has 0 amide bonds. The van der Waals surface area contributed by atoms with Gasteiger partial charge in [0.1, 0.15) is 5.82 Å². The fourth-order valence-electron chi connectivity index (χ4n) is 4.43. The first-order chi connectivity index (χ1) is 14.1. The molecule has 1 aliphatic carbocycles. The summed E-state index contributed by atoms with van der Waals surface area (Å²) in [6, 6.07) is 12.0. The number of imidazole rings is 1. The highest BCUT2D eigenvalue weighted by atomic mass is 19.2. The van der Waals surface area contributed by atoms with Gasteiger partial charge in [0.05, 0.1) is 23.1 Å². The molecule has 0 aliphatic heterocycles. The molecule has 1 fully saturated rings. The molecule has 4 aromatic rings. The number of H-pyrrole nitrogens is 1. The van der Waals surface area contributed by atoms with Crippen LogP contribution in [0, 0.1) is 17.6 Å². The highest BCUT2D eigenvalue weighted by molar-refractivity contribution is 5.83. The molecule has 2 heterocycles. The first-order valence-electron chi connectivity index (χ1n) is 10.0. The third-order valence-electron chi connectivity index (χ3n) is 5.92. The summed E-state index contributed by atoms with van der Waals surface area (Å²) in [6.07, 6.45) is 3.43. The van der Waals surface area contributed by atoms with Crippen LogP contribution in [0.5, 0.6) is 0 Å². The van der Waals surface area contributed by atoms with Gasteiger partial charge in [0.2, 0.25) is 5.56 Å². The Kier molecular flexibility index (Phi) is 4.23. The van der Waals surface area contributed by atoms with Gasteiger partial charge in [0.15, 0.2) is 11.6 Å². The molecule has 1 aliphatic rings. The van der Waals surface area contributed by atoms with Crippen molar-refractivity contribution in [3.05, 3.63) is 75.8 Å². The second-order valence-corrected chi connectivity index (χ2v) is 7.88. The number of aromatic nitrogens is 3. The SMILES string of the molecule is CCCC1CC1c1nc2ccccc2n1Cc1cc(=O)[nH]c2c(F)c(F)ccc12.[HH]. The molecule has 1 N–H and O–H groups in total. The standard InChI is InChI=1S/C23H21F2N3O.H2/c1-2-5-13-10-16(13)23-26-18-6-3-4-7-19(18)28(23)12-14-11-20(29)27-22-15(14)8-9-17(24)21(22)25;/h3-4,6-9,11,13,16H,2,5,10,12H2,1H3,(H,27,29);1H. The Morgan fingerprint density at radius 3 is 2.90 bits per heavy atom. The maximum Gasteiger partial charge on any atom is 0.248 e. The van der Waals surface area contributed by atoms with Gasteiger partial charge in [-0.25, -0.2) is 13.8 Å². The largest absolute Gasteiger partial charge is 0.323 e. The van der Waals surface area contributed by atoms with Crippen LogP contribution in [0.2, 0.25) is 0 Å². The number of hydrogen-bond acceptors (Lipinski definition) is 2. The summed E-state index contributed by atoms with van der Waals surface area (Å²) in [5, 5.41) is 0.508. The normalized spacial score (nSPS) is 18.6. The molecule has 2 aromatic carbocycles. The molecule has 2 unspecified atom stereocenters. The molecule has 6 heteroatoms. The van der Waals surface area contributed by atoms with Crippen molar-refractivity contribution in [2.75, 3.05) is 0 Å². The molecule has 0 bridgehead atoms. The first kappa shape index (κ1) is 18.0. The van der Waals surface area contributed by atoms with E-state index >= 15 is 0 Å². The van der Waals surface area contributed by atoms with Crippen molar-refractivity contribution in [3.63, 3.8) is 0 Å². The number of halogens is 2. The fraction of sp³-hybridized carbons (Fsp3) is 0.304. The van der Waals surface area contributed by atoms with Crippen molar-refractivity contribution in [1.82, 2.24) is 14.5 Å². The molecule has 0 saturated heterocycles. The van der Waals surface area contributed by atoms with Crippen LogP contribution < -0.4 is 5.56 Å². The number of rotatable bonds is 5. The topological polar surface area (TPSA) is 50.7 Å². The molecule has 5 rings (SSSR count). The van der Waals surface area contributed by atoms with Crippen LogP contribution in [0.1, 0.15) is 44.9 Å². The quantitative estimate of drug-likeness (QED) is 0.495. The number of nitrogens with zero attached hydrogens (tertiary/aromatic N) is 2. The molecule has 150 valence electrons. The first-order valence-corrected chi connectivity index (χ1v) is 10.0. The van der Waals surface area contributed by atoms with Crippen LogP contribution in [-0.2, 0) is 6.54 Å². The summed E-state index contributed by atoms with van der Waals surface area (Å²) in [5.41, 5.74) is 2.02. The summed E-state index contributed by atoms with van der Waals surface area (Å²) >= 11 is 0. The van der Waals surface area contributed by atoms with E-state index in [0.29, 0.717) is 29.3 Å². The van der Waals surface area contributed by atoms with Crippen molar-refractivity contribution in [1.29, 1.82) is 0 Å². The molecule has 29 heavy (non-hydrogen) atoms. The average molecular weight is 395 g/mol. The van der Waals surface area contributed by atoms with Crippen molar-refractivity contribution in [2.24, 2.45) is 5.92 Å². The van der Waals surface area contributed by atoms with Crippen molar-refractivity contribution >= 4 is 21.9 Å². The molecular weight excluding hydrogens is 372 g/mol. The van der Waals surface area contributed by atoms with E-state index in [1.54, 1.807) is 0 Å². The molecule has 2 atom stereocenters. The maximum atomic E-state index is 14.3. The molecule has 2 aromatic heterocycles. The molecule has 0 radical (unpaired) electrons. The van der Waals surface area contributed by atoms with Crippen LogP contribution in [0.15, 0.2) is 47.3 Å². The minimum absolute atomic E-state index is 0. The lowest BCUT2D eigenvalue weighted by Crippen LogP contribution is -2.12. The number of fused-ring (bicyclic) bond motifs is 2. The predicted octanol–water partition coefficient (Wildman–Crippen LogP) is 5.35.